The zero-order valence-electron chi connectivity index (χ0n) is 13.6. The highest BCUT2D eigenvalue weighted by Crippen LogP contribution is 2.24. The number of nitrogens with one attached hydrogen (secondary N) is 1. The molecule has 0 atom stereocenters. The summed E-state index contributed by atoms with van der Waals surface area (Å²) >= 11 is 5.68. The molecule has 0 saturated carbocycles. The van der Waals surface area contributed by atoms with Crippen molar-refractivity contribution in [2.45, 2.75) is 0 Å². The van der Waals surface area contributed by atoms with Gasteiger partial charge in [0.1, 0.15) is 18.2 Å². The molecule has 134 valence electrons. The van der Waals surface area contributed by atoms with Gasteiger partial charge in [-0.15, -0.1) is 0 Å². The van der Waals surface area contributed by atoms with Gasteiger partial charge in [-0.1, -0.05) is 48.0 Å². The van der Waals surface area contributed by atoms with E-state index in [-0.39, 0.29) is 29.4 Å². The van der Waals surface area contributed by atoms with Crippen LogP contribution in [0.2, 0.25) is 5.02 Å². The van der Waals surface area contributed by atoms with Gasteiger partial charge in [0.25, 0.3) is 11.6 Å². The van der Waals surface area contributed by atoms with Gasteiger partial charge < -0.3 is 10.1 Å². The first-order valence-electron chi connectivity index (χ1n) is 7.56. The van der Waals surface area contributed by atoms with Gasteiger partial charge in [0.05, 0.1) is 4.92 Å². The predicted molar refractivity (Wildman–Crippen MR) is 96.9 cm³/mol. The van der Waals surface area contributed by atoms with Crippen molar-refractivity contribution < 1.29 is 19.2 Å². The van der Waals surface area contributed by atoms with Crippen molar-refractivity contribution in [3.8, 4) is 0 Å². The summed E-state index contributed by atoms with van der Waals surface area (Å²) in [5.41, 5.74) is 0.618. The van der Waals surface area contributed by atoms with Crippen molar-refractivity contribution in [2.24, 2.45) is 0 Å². The molecule has 0 bridgehead atoms. The molecule has 8 heteroatoms. The van der Waals surface area contributed by atoms with Crippen molar-refractivity contribution in [3.05, 3.63) is 80.9 Å². The van der Waals surface area contributed by atoms with Crippen LogP contribution in [0.1, 0.15) is 15.9 Å². The Balaban J connectivity index is 1.80. The van der Waals surface area contributed by atoms with Gasteiger partial charge in [-0.3, -0.25) is 19.7 Å². The lowest BCUT2D eigenvalue weighted by molar-refractivity contribution is -0.384. The van der Waals surface area contributed by atoms with E-state index in [4.69, 9.17) is 16.3 Å². The number of nitrogens with zero attached hydrogens (tertiary/aromatic N) is 1. The smallest absolute Gasteiger partial charge is 0.325 e. The first kappa shape index (κ1) is 19.1. The summed E-state index contributed by atoms with van der Waals surface area (Å²) in [6.07, 6.45) is 3.48. The van der Waals surface area contributed by atoms with E-state index in [1.165, 1.54) is 12.1 Å². The van der Waals surface area contributed by atoms with Crippen LogP contribution in [0.25, 0.3) is 6.08 Å². The lowest BCUT2D eigenvalue weighted by Gasteiger charge is -2.05. The number of hydrogen-bond acceptors (Lipinski definition) is 5. The monoisotopic (exact) mass is 374 g/mol. The van der Waals surface area contributed by atoms with Crippen LogP contribution in [0.4, 0.5) is 5.69 Å². The number of rotatable bonds is 7. The van der Waals surface area contributed by atoms with Crippen LogP contribution in [-0.4, -0.2) is 30.0 Å². The van der Waals surface area contributed by atoms with Crippen LogP contribution >= 0.6 is 11.6 Å². The zero-order chi connectivity index (χ0) is 18.9. The lowest BCUT2D eigenvalue weighted by Crippen LogP contribution is -2.30. The van der Waals surface area contributed by atoms with E-state index in [9.17, 15) is 19.7 Å². The molecule has 0 fully saturated rings. The predicted octanol–water partition coefficient (Wildman–Crippen LogP) is 3.23. The van der Waals surface area contributed by atoms with Crippen molar-refractivity contribution in [1.82, 2.24) is 5.32 Å². The minimum Gasteiger partial charge on any atom is -0.460 e. The SMILES string of the molecule is O=C(CNC(=O)c1ccc(Cl)c([N+](=O)[O-])c1)OC/C=C/c1ccccc1. The number of benzene rings is 2. The third-order valence-electron chi connectivity index (χ3n) is 3.25. The molecular formula is C18H15ClN2O5. The lowest BCUT2D eigenvalue weighted by atomic mass is 10.2. The summed E-state index contributed by atoms with van der Waals surface area (Å²) in [7, 11) is 0. The molecule has 7 nitrogen and oxygen atoms in total. The Morgan fingerprint density at radius 3 is 2.62 bits per heavy atom. The number of esters is 1. The largest absolute Gasteiger partial charge is 0.460 e. The van der Waals surface area contributed by atoms with E-state index in [1.54, 1.807) is 12.2 Å². The minimum absolute atomic E-state index is 0.0258. The molecule has 0 spiro atoms. The quantitative estimate of drug-likeness (QED) is 0.455. The van der Waals surface area contributed by atoms with Crippen molar-refractivity contribution in [3.63, 3.8) is 0 Å². The molecule has 2 rings (SSSR count). The van der Waals surface area contributed by atoms with Gasteiger partial charge >= 0.3 is 5.97 Å². The number of ether oxygens (including phenoxy) is 1. The molecule has 0 aliphatic heterocycles. The van der Waals surface area contributed by atoms with Crippen LogP contribution in [0.5, 0.6) is 0 Å². The number of carbonyl (C=O) groups excluding carboxylic acids is 2. The maximum atomic E-state index is 12.0. The van der Waals surface area contributed by atoms with E-state index >= 15 is 0 Å². The zero-order valence-corrected chi connectivity index (χ0v) is 14.3. The van der Waals surface area contributed by atoms with Gasteiger partial charge in [0.15, 0.2) is 0 Å². The van der Waals surface area contributed by atoms with Gasteiger partial charge in [0.2, 0.25) is 0 Å². The second-order valence-electron chi connectivity index (χ2n) is 5.10. The number of hydrogen-bond donors (Lipinski definition) is 1. The molecule has 1 N–H and O–H groups in total. The molecule has 0 heterocycles. The molecule has 0 aliphatic carbocycles. The fourth-order valence-corrected chi connectivity index (χ4v) is 2.18. The first-order valence-corrected chi connectivity index (χ1v) is 7.94. The van der Waals surface area contributed by atoms with E-state index in [1.807, 2.05) is 30.3 Å². The third kappa shape index (κ3) is 5.71. The second kappa shape index (κ2) is 9.33. The Labute approximate surface area is 154 Å². The Kier molecular flexibility index (Phi) is 6.87. The summed E-state index contributed by atoms with van der Waals surface area (Å²) in [5, 5.41) is 13.1. The first-order chi connectivity index (χ1) is 12.5. The third-order valence-corrected chi connectivity index (χ3v) is 3.57. The van der Waals surface area contributed by atoms with Gasteiger partial charge in [0, 0.05) is 11.6 Å². The maximum Gasteiger partial charge on any atom is 0.325 e. The Hall–Kier alpha value is -3.19. The molecule has 0 aromatic heterocycles. The molecule has 2 aromatic carbocycles. The average molecular weight is 375 g/mol. The molecule has 0 unspecified atom stereocenters. The van der Waals surface area contributed by atoms with Crippen molar-refractivity contribution in [2.75, 3.05) is 13.2 Å². The van der Waals surface area contributed by atoms with Crippen molar-refractivity contribution >= 4 is 35.2 Å². The van der Waals surface area contributed by atoms with Crippen molar-refractivity contribution in [1.29, 1.82) is 0 Å². The van der Waals surface area contributed by atoms with Gasteiger partial charge in [-0.25, -0.2) is 0 Å². The Morgan fingerprint density at radius 1 is 1.19 bits per heavy atom. The summed E-state index contributed by atoms with van der Waals surface area (Å²) in [5.74, 6) is -1.26. The van der Waals surface area contributed by atoms with E-state index < -0.39 is 16.8 Å². The normalized spacial score (nSPS) is 10.5. The summed E-state index contributed by atoms with van der Waals surface area (Å²) in [6.45, 7) is -0.287. The van der Waals surface area contributed by atoms with Crippen LogP contribution in [-0.2, 0) is 9.53 Å². The van der Waals surface area contributed by atoms with Gasteiger partial charge in [-0.2, -0.15) is 0 Å². The van der Waals surface area contributed by atoms with Crippen LogP contribution in [0.15, 0.2) is 54.6 Å². The summed E-state index contributed by atoms with van der Waals surface area (Å²) in [4.78, 5) is 33.7. The standard InChI is InChI=1S/C18H15ClN2O5/c19-15-9-8-14(11-16(15)21(24)25)18(23)20-12-17(22)26-10-4-7-13-5-2-1-3-6-13/h1-9,11H,10,12H2,(H,20,23)/b7-4+. The maximum absolute atomic E-state index is 12.0. The Bertz CT molecular complexity index is 837. The molecule has 0 saturated heterocycles. The van der Waals surface area contributed by atoms with E-state index in [0.717, 1.165) is 11.6 Å². The van der Waals surface area contributed by atoms with Crippen LogP contribution < -0.4 is 5.32 Å². The highest BCUT2D eigenvalue weighted by atomic mass is 35.5. The molecule has 2 aromatic rings. The number of amides is 1. The number of nitro groups is 1. The summed E-state index contributed by atoms with van der Waals surface area (Å²) < 4.78 is 4.96. The van der Waals surface area contributed by atoms with Crippen LogP contribution in [0, 0.1) is 10.1 Å². The number of carbonyl (C=O) groups is 2. The van der Waals surface area contributed by atoms with Crippen LogP contribution in [0.3, 0.4) is 0 Å². The second-order valence-corrected chi connectivity index (χ2v) is 5.51. The fraction of sp³-hybridized carbons (Fsp3) is 0.111. The average Bonchev–Trinajstić information content (AvgIpc) is 2.64. The fourth-order valence-electron chi connectivity index (χ4n) is 1.99. The van der Waals surface area contributed by atoms with E-state index in [0.29, 0.717) is 0 Å². The minimum atomic E-state index is -0.688. The van der Waals surface area contributed by atoms with E-state index in [2.05, 4.69) is 5.32 Å². The molecular weight excluding hydrogens is 360 g/mol. The van der Waals surface area contributed by atoms with Gasteiger partial charge in [-0.05, 0) is 23.8 Å². The highest BCUT2D eigenvalue weighted by molar-refractivity contribution is 6.32. The molecule has 0 aliphatic rings. The number of halogens is 1. The molecule has 1 amide bonds. The molecule has 0 radical (unpaired) electrons. The highest BCUT2D eigenvalue weighted by Gasteiger charge is 2.16. The Morgan fingerprint density at radius 2 is 1.92 bits per heavy atom. The molecule has 26 heavy (non-hydrogen) atoms. The summed E-state index contributed by atoms with van der Waals surface area (Å²) in [6, 6.07) is 13.1. The topological polar surface area (TPSA) is 98.5 Å². The number of nitro benzene ring substituents is 1.